The summed E-state index contributed by atoms with van der Waals surface area (Å²) in [6.45, 7) is 7.34. The lowest BCUT2D eigenvalue weighted by atomic mass is 9.87. The topological polar surface area (TPSA) is 55.4 Å². The fourth-order valence-electron chi connectivity index (χ4n) is 2.02. The predicted octanol–water partition coefficient (Wildman–Crippen LogP) is 2.27. The monoisotopic (exact) mass is 227 g/mol. The molecule has 1 aliphatic carbocycles. The van der Waals surface area contributed by atoms with Gasteiger partial charge in [0, 0.05) is 11.5 Å². The normalized spacial score (nSPS) is 29.9. The number of carbonyl (C=O) groups is 2. The number of nitrogens with one attached hydrogen (secondary N) is 1. The summed E-state index contributed by atoms with van der Waals surface area (Å²) in [5.74, 6) is 0. The van der Waals surface area contributed by atoms with Crippen molar-refractivity contribution < 1.29 is 14.3 Å². The van der Waals surface area contributed by atoms with E-state index in [1.807, 2.05) is 27.7 Å². The molecule has 0 aromatic heterocycles. The van der Waals surface area contributed by atoms with Crippen LogP contribution in [0.25, 0.3) is 0 Å². The summed E-state index contributed by atoms with van der Waals surface area (Å²) in [7, 11) is 0. The van der Waals surface area contributed by atoms with Gasteiger partial charge in [0.15, 0.2) is 0 Å². The number of amides is 1. The molecular formula is C12H21NO3. The molecule has 16 heavy (non-hydrogen) atoms. The lowest BCUT2D eigenvalue weighted by molar-refractivity contribution is -0.116. The molecule has 1 amide bonds. The van der Waals surface area contributed by atoms with Gasteiger partial charge in [-0.2, -0.15) is 0 Å². The highest BCUT2D eigenvalue weighted by Crippen LogP contribution is 2.36. The number of carbonyl (C=O) groups excluding carboxylic acids is 2. The zero-order valence-electron chi connectivity index (χ0n) is 10.5. The Morgan fingerprint density at radius 3 is 2.62 bits per heavy atom. The van der Waals surface area contributed by atoms with E-state index in [1.54, 1.807) is 0 Å². The van der Waals surface area contributed by atoms with E-state index in [4.69, 9.17) is 4.74 Å². The maximum absolute atomic E-state index is 11.6. The van der Waals surface area contributed by atoms with Gasteiger partial charge >= 0.3 is 6.09 Å². The summed E-state index contributed by atoms with van der Waals surface area (Å²) in [6.07, 6.45) is 3.15. The fourth-order valence-corrected chi connectivity index (χ4v) is 2.02. The second-order valence-corrected chi connectivity index (χ2v) is 5.71. The molecule has 1 fully saturated rings. The first kappa shape index (κ1) is 13.0. The molecule has 0 saturated heterocycles. The van der Waals surface area contributed by atoms with Gasteiger partial charge in [-0.05, 0) is 33.6 Å². The highest BCUT2D eigenvalue weighted by molar-refractivity contribution is 5.70. The molecule has 92 valence electrons. The molecular weight excluding hydrogens is 206 g/mol. The van der Waals surface area contributed by atoms with Gasteiger partial charge < -0.3 is 14.8 Å². The molecule has 1 rings (SSSR count). The Hall–Kier alpha value is -1.06. The molecule has 4 heteroatoms. The Labute approximate surface area is 96.7 Å². The SMILES string of the molecule is CC(C)(C)OC(=O)N[C@H]1CCC[C@@]1(C)C=O. The summed E-state index contributed by atoms with van der Waals surface area (Å²) in [4.78, 5) is 22.6. The summed E-state index contributed by atoms with van der Waals surface area (Å²) >= 11 is 0. The van der Waals surface area contributed by atoms with Crippen molar-refractivity contribution in [3.05, 3.63) is 0 Å². The van der Waals surface area contributed by atoms with Gasteiger partial charge in [0.05, 0.1) is 0 Å². The lowest BCUT2D eigenvalue weighted by Gasteiger charge is -2.28. The van der Waals surface area contributed by atoms with E-state index in [-0.39, 0.29) is 6.04 Å². The van der Waals surface area contributed by atoms with Crippen LogP contribution in [-0.2, 0) is 9.53 Å². The summed E-state index contributed by atoms with van der Waals surface area (Å²) < 4.78 is 5.17. The van der Waals surface area contributed by atoms with E-state index >= 15 is 0 Å². The van der Waals surface area contributed by atoms with Crippen LogP contribution in [0.4, 0.5) is 4.79 Å². The molecule has 1 N–H and O–H groups in total. The zero-order chi connectivity index (χ0) is 12.4. The van der Waals surface area contributed by atoms with E-state index in [1.165, 1.54) is 0 Å². The molecule has 0 unspecified atom stereocenters. The quantitative estimate of drug-likeness (QED) is 0.736. The van der Waals surface area contributed by atoms with Gasteiger partial charge in [-0.1, -0.05) is 13.3 Å². The fraction of sp³-hybridized carbons (Fsp3) is 0.833. The first-order valence-corrected chi connectivity index (χ1v) is 5.73. The maximum Gasteiger partial charge on any atom is 0.407 e. The molecule has 1 saturated carbocycles. The summed E-state index contributed by atoms with van der Waals surface area (Å²) in [6, 6.07) is -0.0974. The van der Waals surface area contributed by atoms with E-state index in [0.29, 0.717) is 0 Å². The molecule has 4 nitrogen and oxygen atoms in total. The van der Waals surface area contributed by atoms with Gasteiger partial charge in [0.2, 0.25) is 0 Å². The van der Waals surface area contributed by atoms with Crippen LogP contribution < -0.4 is 5.32 Å². The number of aldehydes is 1. The van der Waals surface area contributed by atoms with Crippen LogP contribution in [0.2, 0.25) is 0 Å². The Balaban J connectivity index is 2.54. The average Bonchev–Trinajstić information content (AvgIpc) is 2.45. The number of hydrogen-bond acceptors (Lipinski definition) is 3. The van der Waals surface area contributed by atoms with Crippen LogP contribution in [0.1, 0.15) is 47.0 Å². The Bertz CT molecular complexity index is 282. The van der Waals surface area contributed by atoms with Gasteiger partial charge in [-0.25, -0.2) is 4.79 Å². The molecule has 0 aromatic carbocycles. The molecule has 0 bridgehead atoms. The van der Waals surface area contributed by atoms with Crippen molar-refractivity contribution in [1.29, 1.82) is 0 Å². The van der Waals surface area contributed by atoms with Crippen LogP contribution in [-0.4, -0.2) is 24.0 Å². The molecule has 0 aliphatic heterocycles. The third-order valence-electron chi connectivity index (χ3n) is 2.96. The van der Waals surface area contributed by atoms with Crippen molar-refractivity contribution >= 4 is 12.4 Å². The van der Waals surface area contributed by atoms with E-state index < -0.39 is 17.1 Å². The minimum atomic E-state index is -0.500. The minimum absolute atomic E-state index is 0.0974. The number of rotatable bonds is 2. The van der Waals surface area contributed by atoms with E-state index in [2.05, 4.69) is 5.32 Å². The van der Waals surface area contributed by atoms with E-state index in [9.17, 15) is 9.59 Å². The highest BCUT2D eigenvalue weighted by Gasteiger charge is 2.40. The van der Waals surface area contributed by atoms with Gasteiger partial charge in [0.1, 0.15) is 11.9 Å². The molecule has 0 radical (unpaired) electrons. The van der Waals surface area contributed by atoms with Crippen LogP contribution in [0.3, 0.4) is 0 Å². The molecule has 0 aromatic rings. The molecule has 0 spiro atoms. The van der Waals surface area contributed by atoms with Crippen molar-refractivity contribution in [2.45, 2.75) is 58.6 Å². The Morgan fingerprint density at radius 1 is 1.50 bits per heavy atom. The molecule has 2 atom stereocenters. The lowest BCUT2D eigenvalue weighted by Crippen LogP contribution is -2.45. The Kier molecular flexibility index (Phi) is 3.61. The van der Waals surface area contributed by atoms with Crippen LogP contribution >= 0.6 is 0 Å². The third kappa shape index (κ3) is 3.22. The van der Waals surface area contributed by atoms with Crippen LogP contribution in [0.5, 0.6) is 0 Å². The average molecular weight is 227 g/mol. The van der Waals surface area contributed by atoms with Gasteiger partial charge in [-0.15, -0.1) is 0 Å². The predicted molar refractivity (Wildman–Crippen MR) is 61.2 cm³/mol. The molecule has 0 heterocycles. The third-order valence-corrected chi connectivity index (χ3v) is 2.96. The number of ether oxygens (including phenoxy) is 1. The zero-order valence-corrected chi connectivity index (χ0v) is 10.5. The largest absolute Gasteiger partial charge is 0.444 e. The van der Waals surface area contributed by atoms with E-state index in [0.717, 1.165) is 25.5 Å². The van der Waals surface area contributed by atoms with Gasteiger partial charge in [-0.3, -0.25) is 0 Å². The van der Waals surface area contributed by atoms with Crippen molar-refractivity contribution in [3.8, 4) is 0 Å². The van der Waals surface area contributed by atoms with Crippen molar-refractivity contribution in [2.75, 3.05) is 0 Å². The minimum Gasteiger partial charge on any atom is -0.444 e. The standard InChI is InChI=1S/C12H21NO3/c1-11(2,3)16-10(15)13-9-6-5-7-12(9,4)8-14/h8-9H,5-7H2,1-4H3,(H,13,15)/t9-,12-/m0/s1. The maximum atomic E-state index is 11.6. The van der Waals surface area contributed by atoms with Crippen LogP contribution in [0.15, 0.2) is 0 Å². The van der Waals surface area contributed by atoms with Gasteiger partial charge in [0.25, 0.3) is 0 Å². The molecule has 1 aliphatic rings. The second-order valence-electron chi connectivity index (χ2n) is 5.71. The smallest absolute Gasteiger partial charge is 0.407 e. The number of hydrogen-bond donors (Lipinski definition) is 1. The summed E-state index contributed by atoms with van der Waals surface area (Å²) in [5.41, 5.74) is -0.933. The Morgan fingerprint density at radius 2 is 2.12 bits per heavy atom. The number of alkyl carbamates (subject to hydrolysis) is 1. The first-order valence-electron chi connectivity index (χ1n) is 5.73. The van der Waals surface area contributed by atoms with Crippen LogP contribution in [0, 0.1) is 5.41 Å². The summed E-state index contributed by atoms with van der Waals surface area (Å²) in [5, 5.41) is 2.78. The highest BCUT2D eigenvalue weighted by atomic mass is 16.6. The second kappa shape index (κ2) is 4.44. The van der Waals surface area contributed by atoms with Crippen molar-refractivity contribution in [1.82, 2.24) is 5.32 Å². The van der Waals surface area contributed by atoms with Crippen molar-refractivity contribution in [3.63, 3.8) is 0 Å². The van der Waals surface area contributed by atoms with Crippen molar-refractivity contribution in [2.24, 2.45) is 5.41 Å². The first-order chi connectivity index (χ1) is 7.27.